The smallest absolute Gasteiger partial charge is 0.404 e. The molecule has 3 heterocycles. The van der Waals surface area contributed by atoms with E-state index in [-0.39, 0.29) is 24.3 Å². The molecule has 174 valence electrons. The largest absolute Gasteiger partial charge is 0.445 e. The molecule has 1 fully saturated rings. The number of ether oxygens (including phenoxy) is 3. The molecule has 1 aromatic rings. The van der Waals surface area contributed by atoms with Crippen LogP contribution in [0.4, 0.5) is 4.79 Å². The van der Waals surface area contributed by atoms with Crippen molar-refractivity contribution in [3.05, 3.63) is 27.6 Å². The highest BCUT2D eigenvalue weighted by Gasteiger charge is 2.57. The predicted molar refractivity (Wildman–Crippen MR) is 113 cm³/mol. The van der Waals surface area contributed by atoms with Crippen molar-refractivity contribution in [2.75, 3.05) is 6.79 Å². The van der Waals surface area contributed by atoms with E-state index in [1.165, 1.54) is 23.2 Å². The summed E-state index contributed by atoms with van der Waals surface area (Å²) >= 11 is 1.31. The molecule has 0 aliphatic carbocycles. The molecule has 0 radical (unpaired) electrons. The van der Waals surface area contributed by atoms with Gasteiger partial charge in [-0.3, -0.25) is 9.59 Å². The second-order valence-electron chi connectivity index (χ2n) is 8.73. The van der Waals surface area contributed by atoms with E-state index in [4.69, 9.17) is 19.9 Å². The average Bonchev–Trinajstić information content (AvgIpc) is 3.27. The van der Waals surface area contributed by atoms with Gasteiger partial charge >= 0.3 is 18.0 Å². The molecule has 0 aromatic carbocycles. The Labute approximate surface area is 188 Å². The molecule has 3 rings (SSSR count). The number of β-lactam (4-membered cyclic amide) rings is 1. The van der Waals surface area contributed by atoms with Gasteiger partial charge in [-0.15, -0.1) is 11.3 Å². The highest BCUT2D eigenvalue weighted by molar-refractivity contribution is 7.11. The van der Waals surface area contributed by atoms with Crippen LogP contribution in [0.2, 0.25) is 0 Å². The third-order valence-corrected chi connectivity index (χ3v) is 6.29. The summed E-state index contributed by atoms with van der Waals surface area (Å²) in [5.41, 5.74) is 5.56. The lowest BCUT2D eigenvalue weighted by Gasteiger charge is -2.44. The minimum absolute atomic E-state index is 0.0238. The lowest BCUT2D eigenvalue weighted by molar-refractivity contribution is -0.175. The fourth-order valence-corrected chi connectivity index (χ4v) is 4.62. The van der Waals surface area contributed by atoms with Crippen LogP contribution in [-0.4, -0.2) is 52.9 Å². The number of primary amides is 1. The summed E-state index contributed by atoms with van der Waals surface area (Å²) in [5, 5.41) is 11.7. The molecule has 2 amide bonds. The molecule has 1 saturated heterocycles. The third kappa shape index (κ3) is 4.63. The van der Waals surface area contributed by atoms with Crippen LogP contribution in [0, 0.1) is 11.3 Å². The molecule has 2 aliphatic heterocycles. The first-order valence-electron chi connectivity index (χ1n) is 10.0. The third-order valence-electron chi connectivity index (χ3n) is 5.25. The Morgan fingerprint density at radius 2 is 1.97 bits per heavy atom. The SMILES string of the molecule is C[C@@H](O)[C@H]1C(=O)N2C(C(=O)OCOC(=O)C(C)(C)C)=C(c3cc(COC(N)=O)cs3)C[C@H]12. The van der Waals surface area contributed by atoms with Gasteiger partial charge in [-0.05, 0) is 45.6 Å². The topological polar surface area (TPSA) is 145 Å². The highest BCUT2D eigenvalue weighted by Crippen LogP contribution is 2.48. The molecule has 11 heteroatoms. The number of aliphatic hydroxyl groups excluding tert-OH is 1. The number of hydrogen-bond donors (Lipinski definition) is 2. The number of thiophene rings is 1. The molecule has 2 aliphatic rings. The summed E-state index contributed by atoms with van der Waals surface area (Å²) in [5.74, 6) is -2.32. The van der Waals surface area contributed by atoms with Crippen LogP contribution in [0.3, 0.4) is 0 Å². The number of amides is 2. The molecule has 10 nitrogen and oxygen atoms in total. The molecule has 0 spiro atoms. The standard InChI is InChI=1S/C21H26N2O8S/c1-10(24)15-13-6-12(14-5-11(8-32-14)7-29-20(22)28)16(23(13)17(15)25)18(26)30-9-31-19(27)21(2,3)4/h5,8,10,13,15,24H,6-7,9H2,1-4H3,(H2,22,28)/t10-,13-,15-/m1/s1. The second kappa shape index (κ2) is 8.91. The lowest BCUT2D eigenvalue weighted by Crippen LogP contribution is -2.61. The maximum absolute atomic E-state index is 12.9. The number of carbonyl (C=O) groups is 4. The van der Waals surface area contributed by atoms with E-state index in [1.54, 1.807) is 32.2 Å². The first kappa shape index (κ1) is 23.7. The van der Waals surface area contributed by atoms with E-state index in [0.717, 1.165) is 0 Å². The van der Waals surface area contributed by atoms with Crippen molar-refractivity contribution in [3.8, 4) is 0 Å². The summed E-state index contributed by atoms with van der Waals surface area (Å²) in [6.45, 7) is 5.94. The van der Waals surface area contributed by atoms with Crippen molar-refractivity contribution in [1.82, 2.24) is 4.90 Å². The van der Waals surface area contributed by atoms with Crippen molar-refractivity contribution >= 4 is 40.8 Å². The molecule has 0 bridgehead atoms. The number of aliphatic hydroxyl groups is 1. The molecule has 0 saturated carbocycles. The maximum Gasteiger partial charge on any atom is 0.404 e. The van der Waals surface area contributed by atoms with Crippen LogP contribution in [0.1, 0.15) is 44.6 Å². The number of hydrogen-bond acceptors (Lipinski definition) is 9. The molecule has 0 unspecified atom stereocenters. The summed E-state index contributed by atoms with van der Waals surface area (Å²) in [7, 11) is 0. The van der Waals surface area contributed by atoms with Crippen LogP contribution < -0.4 is 5.73 Å². The van der Waals surface area contributed by atoms with Crippen LogP contribution >= 0.6 is 11.3 Å². The minimum Gasteiger partial charge on any atom is -0.445 e. The van der Waals surface area contributed by atoms with Gasteiger partial charge in [-0.1, -0.05) is 0 Å². The molecule has 3 N–H and O–H groups in total. The fraction of sp³-hybridized carbons (Fsp3) is 0.524. The van der Waals surface area contributed by atoms with Crippen LogP contribution in [0.15, 0.2) is 17.1 Å². The van der Waals surface area contributed by atoms with Gasteiger partial charge in [0.05, 0.1) is 23.5 Å². The number of fused-ring (bicyclic) bond motifs is 1. The first-order chi connectivity index (χ1) is 14.9. The minimum atomic E-state index is -0.901. The summed E-state index contributed by atoms with van der Waals surface area (Å²) in [6.07, 6.45) is -1.41. The highest BCUT2D eigenvalue weighted by atomic mass is 32.1. The average molecular weight is 467 g/mol. The van der Waals surface area contributed by atoms with Crippen molar-refractivity contribution in [2.24, 2.45) is 17.1 Å². The van der Waals surface area contributed by atoms with Crippen LogP contribution in [0.25, 0.3) is 5.57 Å². The molecule has 1 aromatic heterocycles. The van der Waals surface area contributed by atoms with E-state index < -0.39 is 42.3 Å². The van der Waals surface area contributed by atoms with Gasteiger partial charge in [0.15, 0.2) is 0 Å². The normalized spacial score (nSPS) is 21.0. The molecule has 32 heavy (non-hydrogen) atoms. The molecular weight excluding hydrogens is 440 g/mol. The van der Waals surface area contributed by atoms with Crippen molar-refractivity contribution in [2.45, 2.75) is 52.9 Å². The van der Waals surface area contributed by atoms with Crippen molar-refractivity contribution in [3.63, 3.8) is 0 Å². The Bertz CT molecular complexity index is 975. The summed E-state index contributed by atoms with van der Waals surface area (Å²) < 4.78 is 14.9. The quantitative estimate of drug-likeness (QED) is 0.351. The zero-order chi connectivity index (χ0) is 23.8. The van der Waals surface area contributed by atoms with Crippen LogP contribution in [-0.2, 0) is 35.2 Å². The number of nitrogens with two attached hydrogens (primary N) is 1. The Morgan fingerprint density at radius 1 is 1.28 bits per heavy atom. The van der Waals surface area contributed by atoms with Crippen molar-refractivity contribution in [1.29, 1.82) is 0 Å². The zero-order valence-electron chi connectivity index (χ0n) is 18.2. The van der Waals surface area contributed by atoms with Crippen LogP contribution in [0.5, 0.6) is 0 Å². The van der Waals surface area contributed by atoms with Gasteiger partial charge in [0.2, 0.25) is 12.7 Å². The summed E-state index contributed by atoms with van der Waals surface area (Å²) in [4.78, 5) is 50.3. The van der Waals surface area contributed by atoms with Gasteiger partial charge in [-0.2, -0.15) is 0 Å². The predicted octanol–water partition coefficient (Wildman–Crippen LogP) is 1.76. The van der Waals surface area contributed by atoms with E-state index in [2.05, 4.69) is 0 Å². The Morgan fingerprint density at radius 3 is 2.56 bits per heavy atom. The summed E-state index contributed by atoms with van der Waals surface area (Å²) in [6, 6.07) is 1.37. The van der Waals surface area contributed by atoms with E-state index in [1.807, 2.05) is 0 Å². The van der Waals surface area contributed by atoms with Gasteiger partial charge in [0.25, 0.3) is 0 Å². The zero-order valence-corrected chi connectivity index (χ0v) is 19.1. The van der Waals surface area contributed by atoms with E-state index in [0.29, 0.717) is 22.4 Å². The van der Waals surface area contributed by atoms with Gasteiger partial charge in [0.1, 0.15) is 12.3 Å². The Balaban J connectivity index is 1.82. The van der Waals surface area contributed by atoms with Gasteiger partial charge in [-0.25, -0.2) is 9.59 Å². The Kier molecular flexibility index (Phi) is 6.61. The van der Waals surface area contributed by atoms with Crippen molar-refractivity contribution < 1.29 is 38.5 Å². The first-order valence-corrected chi connectivity index (χ1v) is 10.9. The fourth-order valence-electron chi connectivity index (χ4n) is 3.66. The van der Waals surface area contributed by atoms with E-state index in [9.17, 15) is 24.3 Å². The maximum atomic E-state index is 12.9. The van der Waals surface area contributed by atoms with Gasteiger partial charge in [0, 0.05) is 16.0 Å². The monoisotopic (exact) mass is 466 g/mol. The number of rotatable bonds is 7. The number of carbonyl (C=O) groups excluding carboxylic acids is 4. The lowest BCUT2D eigenvalue weighted by atomic mass is 9.83. The number of esters is 2. The van der Waals surface area contributed by atoms with Gasteiger partial charge < -0.3 is 30.0 Å². The molecular formula is C21H26N2O8S. The number of nitrogens with zero attached hydrogens (tertiary/aromatic N) is 1. The Hall–Kier alpha value is -2.92. The van der Waals surface area contributed by atoms with E-state index >= 15 is 0 Å². The molecule has 3 atom stereocenters. The second-order valence-corrected chi connectivity index (χ2v) is 9.64.